The van der Waals surface area contributed by atoms with E-state index in [1.807, 2.05) is 13.0 Å². The summed E-state index contributed by atoms with van der Waals surface area (Å²) in [7, 11) is 0. The lowest BCUT2D eigenvalue weighted by Crippen LogP contribution is -2.38. The molecule has 112 valence electrons. The maximum Gasteiger partial charge on any atom is 0.123 e. The molecule has 2 N–H and O–H groups in total. The van der Waals surface area contributed by atoms with E-state index in [9.17, 15) is 4.39 Å². The summed E-state index contributed by atoms with van der Waals surface area (Å²) in [6.45, 7) is 6.41. The lowest BCUT2D eigenvalue weighted by Gasteiger charge is -2.29. The van der Waals surface area contributed by atoms with E-state index >= 15 is 0 Å². The summed E-state index contributed by atoms with van der Waals surface area (Å²) in [5.74, 6) is 0.294. The summed E-state index contributed by atoms with van der Waals surface area (Å²) >= 11 is 0. The minimum absolute atomic E-state index is 0.231. The monoisotopic (exact) mass is 285 g/mol. The molecule has 0 amide bonds. The van der Waals surface area contributed by atoms with Crippen LogP contribution in [0.4, 0.5) is 4.39 Å². The second kappa shape index (κ2) is 6.40. The Labute approximate surface area is 127 Å². The first kappa shape index (κ1) is 15.7. The van der Waals surface area contributed by atoms with Crippen molar-refractivity contribution in [2.75, 3.05) is 0 Å². The molecule has 0 aliphatic rings. The van der Waals surface area contributed by atoms with Gasteiger partial charge in [0.1, 0.15) is 5.82 Å². The van der Waals surface area contributed by atoms with Crippen LogP contribution in [0, 0.1) is 5.82 Å². The molecular weight excluding hydrogens is 261 g/mol. The highest BCUT2D eigenvalue weighted by atomic mass is 19.1. The molecular formula is C19H24FN. The normalized spacial score (nSPS) is 14.2. The Bertz CT molecular complexity index is 589. The van der Waals surface area contributed by atoms with Crippen LogP contribution in [0.15, 0.2) is 48.5 Å². The molecule has 0 spiro atoms. The fourth-order valence-electron chi connectivity index (χ4n) is 2.61. The molecule has 0 radical (unpaired) electrons. The number of hydrogen-bond acceptors (Lipinski definition) is 1. The van der Waals surface area contributed by atoms with Crippen molar-refractivity contribution >= 4 is 0 Å². The first-order valence-corrected chi connectivity index (χ1v) is 7.58. The van der Waals surface area contributed by atoms with Crippen LogP contribution in [-0.4, -0.2) is 0 Å². The van der Waals surface area contributed by atoms with Crippen LogP contribution in [-0.2, 0) is 12.0 Å². The van der Waals surface area contributed by atoms with Crippen LogP contribution < -0.4 is 5.73 Å². The summed E-state index contributed by atoms with van der Waals surface area (Å²) in [6.07, 6.45) is 1.48. The molecule has 2 aromatic carbocycles. The maximum atomic E-state index is 13.5. The summed E-state index contributed by atoms with van der Waals surface area (Å²) in [5.41, 5.74) is 9.39. The van der Waals surface area contributed by atoms with Gasteiger partial charge in [-0.25, -0.2) is 4.39 Å². The van der Waals surface area contributed by atoms with Crippen molar-refractivity contribution < 1.29 is 4.39 Å². The van der Waals surface area contributed by atoms with Crippen LogP contribution in [0.3, 0.4) is 0 Å². The maximum absolute atomic E-state index is 13.5. The van der Waals surface area contributed by atoms with Gasteiger partial charge < -0.3 is 5.73 Å². The smallest absolute Gasteiger partial charge is 0.123 e. The van der Waals surface area contributed by atoms with Gasteiger partial charge in [-0.2, -0.15) is 0 Å². The minimum atomic E-state index is -0.526. The number of nitrogens with two attached hydrogens (primary N) is 1. The van der Waals surface area contributed by atoms with Gasteiger partial charge in [0.05, 0.1) is 0 Å². The van der Waals surface area contributed by atoms with Gasteiger partial charge in [-0.3, -0.25) is 0 Å². The van der Waals surface area contributed by atoms with E-state index in [0.717, 1.165) is 12.0 Å². The molecule has 0 saturated carbocycles. The Balaban J connectivity index is 2.25. The molecule has 0 fully saturated rings. The van der Waals surface area contributed by atoms with E-state index < -0.39 is 5.54 Å². The third-order valence-corrected chi connectivity index (χ3v) is 4.20. The van der Waals surface area contributed by atoms with Crippen LogP contribution in [0.25, 0.3) is 0 Å². The standard InChI is InChI=1S/C19H24FN/c1-4-19(21,17-6-5-7-18(20)12-17)13-15-8-10-16(11-9-15)14(2)3/h5-12,14H,4,13,21H2,1-3H3. The van der Waals surface area contributed by atoms with Gasteiger partial charge in [0.15, 0.2) is 0 Å². The fraction of sp³-hybridized carbons (Fsp3) is 0.368. The Morgan fingerprint density at radius 3 is 2.29 bits per heavy atom. The lowest BCUT2D eigenvalue weighted by atomic mass is 9.82. The molecule has 2 aromatic rings. The van der Waals surface area contributed by atoms with Gasteiger partial charge in [-0.1, -0.05) is 57.2 Å². The van der Waals surface area contributed by atoms with Crippen molar-refractivity contribution in [2.24, 2.45) is 5.73 Å². The quantitative estimate of drug-likeness (QED) is 0.842. The molecule has 0 bridgehead atoms. The van der Waals surface area contributed by atoms with E-state index in [4.69, 9.17) is 5.73 Å². The molecule has 0 saturated heterocycles. The number of hydrogen-bond donors (Lipinski definition) is 1. The molecule has 0 heterocycles. The van der Waals surface area contributed by atoms with Gasteiger partial charge in [-0.15, -0.1) is 0 Å². The van der Waals surface area contributed by atoms with E-state index in [1.54, 1.807) is 12.1 Å². The van der Waals surface area contributed by atoms with Crippen molar-refractivity contribution in [2.45, 2.75) is 45.1 Å². The van der Waals surface area contributed by atoms with Gasteiger partial charge in [0.25, 0.3) is 0 Å². The Kier molecular flexibility index (Phi) is 4.79. The molecule has 2 heteroatoms. The Morgan fingerprint density at radius 1 is 1.10 bits per heavy atom. The van der Waals surface area contributed by atoms with Crippen LogP contribution in [0.1, 0.15) is 49.8 Å². The van der Waals surface area contributed by atoms with Crippen LogP contribution in [0.2, 0.25) is 0 Å². The summed E-state index contributed by atoms with van der Waals surface area (Å²) in [4.78, 5) is 0. The zero-order valence-corrected chi connectivity index (χ0v) is 13.1. The zero-order valence-electron chi connectivity index (χ0n) is 13.1. The topological polar surface area (TPSA) is 26.0 Å². The summed E-state index contributed by atoms with van der Waals surface area (Å²) in [6, 6.07) is 15.2. The van der Waals surface area contributed by atoms with Crippen molar-refractivity contribution in [3.63, 3.8) is 0 Å². The average molecular weight is 285 g/mol. The largest absolute Gasteiger partial charge is 0.321 e. The first-order chi connectivity index (χ1) is 9.94. The number of benzene rings is 2. The molecule has 2 rings (SSSR count). The van der Waals surface area contributed by atoms with E-state index in [0.29, 0.717) is 12.3 Å². The van der Waals surface area contributed by atoms with Crippen molar-refractivity contribution in [3.8, 4) is 0 Å². The highest BCUT2D eigenvalue weighted by Gasteiger charge is 2.26. The van der Waals surface area contributed by atoms with E-state index in [1.165, 1.54) is 17.2 Å². The molecule has 0 aliphatic heterocycles. The van der Waals surface area contributed by atoms with Crippen molar-refractivity contribution in [3.05, 3.63) is 71.0 Å². The second-order valence-electron chi connectivity index (χ2n) is 6.09. The predicted molar refractivity (Wildman–Crippen MR) is 86.8 cm³/mol. The third kappa shape index (κ3) is 3.70. The van der Waals surface area contributed by atoms with Gasteiger partial charge in [-0.05, 0) is 47.6 Å². The van der Waals surface area contributed by atoms with Gasteiger partial charge >= 0.3 is 0 Å². The number of rotatable bonds is 5. The fourth-order valence-corrected chi connectivity index (χ4v) is 2.61. The average Bonchev–Trinajstić information content (AvgIpc) is 2.47. The van der Waals surface area contributed by atoms with Crippen LogP contribution >= 0.6 is 0 Å². The molecule has 1 atom stereocenters. The van der Waals surface area contributed by atoms with E-state index in [-0.39, 0.29) is 5.82 Å². The second-order valence-corrected chi connectivity index (χ2v) is 6.09. The number of halogens is 1. The lowest BCUT2D eigenvalue weighted by molar-refractivity contribution is 0.422. The highest BCUT2D eigenvalue weighted by Crippen LogP contribution is 2.28. The Morgan fingerprint density at radius 2 is 1.76 bits per heavy atom. The molecule has 21 heavy (non-hydrogen) atoms. The highest BCUT2D eigenvalue weighted by molar-refractivity contribution is 5.31. The SMILES string of the molecule is CCC(N)(Cc1ccc(C(C)C)cc1)c1cccc(F)c1. The predicted octanol–water partition coefficient (Wildman–Crippen LogP) is 4.76. The minimum Gasteiger partial charge on any atom is -0.321 e. The van der Waals surface area contributed by atoms with Gasteiger partial charge in [0, 0.05) is 5.54 Å². The van der Waals surface area contributed by atoms with Crippen molar-refractivity contribution in [1.29, 1.82) is 0 Å². The molecule has 1 unspecified atom stereocenters. The van der Waals surface area contributed by atoms with Gasteiger partial charge in [0.2, 0.25) is 0 Å². The Hall–Kier alpha value is -1.67. The summed E-state index contributed by atoms with van der Waals surface area (Å²) in [5, 5.41) is 0. The summed E-state index contributed by atoms with van der Waals surface area (Å²) < 4.78 is 13.5. The third-order valence-electron chi connectivity index (χ3n) is 4.20. The van der Waals surface area contributed by atoms with E-state index in [2.05, 4.69) is 38.1 Å². The van der Waals surface area contributed by atoms with Crippen molar-refractivity contribution in [1.82, 2.24) is 0 Å². The zero-order chi connectivity index (χ0) is 15.5. The van der Waals surface area contributed by atoms with Crippen LogP contribution in [0.5, 0.6) is 0 Å². The first-order valence-electron chi connectivity index (χ1n) is 7.58. The molecule has 1 nitrogen and oxygen atoms in total. The molecule has 0 aromatic heterocycles. The molecule has 0 aliphatic carbocycles.